The van der Waals surface area contributed by atoms with Crippen LogP contribution in [-0.2, 0) is 4.74 Å². The Morgan fingerprint density at radius 3 is 2.30 bits per heavy atom. The maximum atomic E-state index is 13.7. The minimum atomic E-state index is -0.730. The number of nitrogens with zero attached hydrogens (tertiary/aromatic N) is 5. The van der Waals surface area contributed by atoms with Gasteiger partial charge in [-0.15, -0.1) is 0 Å². The van der Waals surface area contributed by atoms with E-state index in [0.717, 1.165) is 21.8 Å². The first-order valence-electron chi connectivity index (χ1n) is 14.4. The first-order chi connectivity index (χ1) is 20.5. The number of H-pyrrole nitrogens is 1. The zero-order chi connectivity index (χ0) is 31.2. The fraction of sp³-hybridized carbons (Fsp3) is 0.484. The van der Waals surface area contributed by atoms with Gasteiger partial charge in [-0.25, -0.2) is 0 Å². The maximum absolute atomic E-state index is 13.7. The molecule has 0 radical (unpaired) electrons. The molecule has 1 unspecified atom stereocenters. The van der Waals surface area contributed by atoms with E-state index in [-0.39, 0.29) is 18.4 Å². The zero-order valence-electron chi connectivity index (χ0n) is 25.4. The molecule has 0 spiro atoms. The van der Waals surface area contributed by atoms with Crippen molar-refractivity contribution in [3.8, 4) is 11.5 Å². The van der Waals surface area contributed by atoms with E-state index in [2.05, 4.69) is 30.9 Å². The van der Waals surface area contributed by atoms with E-state index in [0.29, 0.717) is 61.8 Å². The summed E-state index contributed by atoms with van der Waals surface area (Å²) in [6, 6.07) is 10.9. The topological polar surface area (TPSA) is 133 Å². The number of azide groups is 1. The monoisotopic (exact) mass is 654 g/mol. The number of methoxy groups -OCH3 is 1. The Morgan fingerprint density at radius 2 is 1.67 bits per heavy atom. The van der Waals surface area contributed by atoms with E-state index >= 15 is 0 Å². The Kier molecular flexibility index (Phi) is 10.3. The first-order valence-corrected chi connectivity index (χ1v) is 15.2. The highest BCUT2D eigenvalue weighted by Crippen LogP contribution is 2.35. The molecule has 0 saturated carbocycles. The van der Waals surface area contributed by atoms with Crippen LogP contribution in [0.1, 0.15) is 61.3 Å². The Morgan fingerprint density at radius 1 is 1.02 bits per heavy atom. The van der Waals surface area contributed by atoms with E-state index in [1.807, 2.05) is 52.0 Å². The summed E-state index contributed by atoms with van der Waals surface area (Å²) in [4.78, 5) is 36.7. The molecule has 0 bridgehead atoms. The Labute approximate surface area is 260 Å². The normalized spacial score (nSPS) is 15.1. The summed E-state index contributed by atoms with van der Waals surface area (Å²) < 4.78 is 19.0. The minimum absolute atomic E-state index is 0.112. The van der Waals surface area contributed by atoms with Gasteiger partial charge in [0.15, 0.2) is 0 Å². The second-order valence-corrected chi connectivity index (χ2v) is 12.3. The number of piperazine rings is 1. The molecule has 1 saturated heterocycles. The van der Waals surface area contributed by atoms with E-state index in [4.69, 9.17) is 19.7 Å². The van der Waals surface area contributed by atoms with E-state index < -0.39 is 11.2 Å². The van der Waals surface area contributed by atoms with Crippen molar-refractivity contribution < 1.29 is 23.8 Å². The quantitative estimate of drug-likeness (QED) is 0.134. The van der Waals surface area contributed by atoms with Crippen molar-refractivity contribution in [1.82, 2.24) is 14.8 Å². The number of para-hydroxylation sites is 1. The molecule has 1 aromatic heterocycles. The largest absolute Gasteiger partial charge is 0.496 e. The zero-order valence-corrected chi connectivity index (χ0v) is 26.9. The molecule has 1 N–H and O–H groups in total. The van der Waals surface area contributed by atoms with Crippen molar-refractivity contribution in [3.63, 3.8) is 0 Å². The average Bonchev–Trinajstić information content (AvgIpc) is 3.46. The molecular formula is C31H39BrN6O5. The van der Waals surface area contributed by atoms with Crippen LogP contribution in [0.2, 0.25) is 0 Å². The molecule has 1 atom stereocenters. The molecule has 230 valence electrons. The van der Waals surface area contributed by atoms with Gasteiger partial charge in [0.2, 0.25) is 0 Å². The van der Waals surface area contributed by atoms with E-state index in [1.54, 1.807) is 35.2 Å². The lowest BCUT2D eigenvalue weighted by Crippen LogP contribution is -2.50. The number of rotatable bonds is 12. The summed E-state index contributed by atoms with van der Waals surface area (Å²) in [6.07, 6.45) is 3.05. The van der Waals surface area contributed by atoms with Crippen molar-refractivity contribution in [2.24, 2.45) is 5.11 Å². The van der Waals surface area contributed by atoms with E-state index in [9.17, 15) is 9.59 Å². The minimum Gasteiger partial charge on any atom is -0.496 e. The number of carbonyl (C=O) groups is 2. The highest BCUT2D eigenvalue weighted by atomic mass is 79.9. The molecule has 1 fully saturated rings. The summed E-state index contributed by atoms with van der Waals surface area (Å²) >= 11 is 3.53. The van der Waals surface area contributed by atoms with Crippen LogP contribution >= 0.6 is 15.9 Å². The smallest absolute Gasteiger partial charge is 0.257 e. The molecule has 1 aliphatic rings. The Hall–Kier alpha value is -3.73. The fourth-order valence-electron chi connectivity index (χ4n) is 5.06. The molecule has 12 heteroatoms. The molecule has 1 aliphatic heterocycles. The number of amides is 2. The number of aromatic nitrogens is 1. The van der Waals surface area contributed by atoms with Gasteiger partial charge in [0, 0.05) is 48.3 Å². The molecule has 2 aromatic carbocycles. The van der Waals surface area contributed by atoms with E-state index in [1.165, 1.54) is 0 Å². The number of carbonyl (C=O) groups excluding carboxylic acids is 2. The fourth-order valence-corrected chi connectivity index (χ4v) is 5.51. The van der Waals surface area contributed by atoms with Crippen molar-refractivity contribution in [2.45, 2.75) is 51.7 Å². The van der Waals surface area contributed by atoms with Crippen molar-refractivity contribution >= 4 is 38.6 Å². The van der Waals surface area contributed by atoms with Crippen LogP contribution < -0.4 is 9.47 Å². The van der Waals surface area contributed by atoms with Gasteiger partial charge in [0.1, 0.15) is 17.1 Å². The Bertz CT molecular complexity index is 1510. The predicted molar refractivity (Wildman–Crippen MR) is 169 cm³/mol. The maximum Gasteiger partial charge on any atom is 0.257 e. The molecule has 11 nitrogen and oxygen atoms in total. The van der Waals surface area contributed by atoms with Crippen molar-refractivity contribution in [3.05, 3.63) is 68.6 Å². The van der Waals surface area contributed by atoms with Gasteiger partial charge in [-0.2, -0.15) is 0 Å². The third kappa shape index (κ3) is 7.44. The van der Waals surface area contributed by atoms with Gasteiger partial charge in [0.25, 0.3) is 11.8 Å². The highest BCUT2D eigenvalue weighted by Gasteiger charge is 2.32. The molecular weight excluding hydrogens is 616 g/mol. The van der Waals surface area contributed by atoms with Crippen molar-refractivity contribution in [1.29, 1.82) is 0 Å². The van der Waals surface area contributed by atoms with Gasteiger partial charge in [-0.05, 0) is 79.3 Å². The van der Waals surface area contributed by atoms with Crippen LogP contribution in [0, 0.1) is 0 Å². The molecule has 0 aliphatic carbocycles. The predicted octanol–water partition coefficient (Wildman–Crippen LogP) is 6.58. The van der Waals surface area contributed by atoms with Crippen LogP contribution in [0.4, 0.5) is 0 Å². The van der Waals surface area contributed by atoms with Crippen LogP contribution in [0.15, 0.2) is 52.2 Å². The molecule has 2 amide bonds. The number of ether oxygens (including phenoxy) is 3. The number of benzene rings is 2. The molecule has 2 heterocycles. The summed E-state index contributed by atoms with van der Waals surface area (Å²) in [5.41, 5.74) is 9.21. The lowest BCUT2D eigenvalue weighted by molar-refractivity contribution is -0.0942. The lowest BCUT2D eigenvalue weighted by atomic mass is 9.98. The molecule has 43 heavy (non-hydrogen) atoms. The Balaban J connectivity index is 1.41. The number of nitrogens with one attached hydrogen (secondary N) is 1. The second-order valence-electron chi connectivity index (χ2n) is 11.4. The van der Waals surface area contributed by atoms with Crippen LogP contribution in [0.5, 0.6) is 11.5 Å². The lowest BCUT2D eigenvalue weighted by Gasteiger charge is -2.36. The second kappa shape index (κ2) is 13.7. The molecule has 4 rings (SSSR count). The van der Waals surface area contributed by atoms with Gasteiger partial charge in [-0.3, -0.25) is 9.59 Å². The first kappa shape index (κ1) is 32.2. The number of aromatic amines is 1. The summed E-state index contributed by atoms with van der Waals surface area (Å²) in [6.45, 7) is 10.1. The average molecular weight is 656 g/mol. The number of fused-ring (bicyclic) bond motifs is 1. The highest BCUT2D eigenvalue weighted by molar-refractivity contribution is 9.10. The van der Waals surface area contributed by atoms with Gasteiger partial charge >= 0.3 is 0 Å². The van der Waals surface area contributed by atoms with Crippen molar-refractivity contribution in [2.75, 3.05) is 46.4 Å². The summed E-state index contributed by atoms with van der Waals surface area (Å²) in [5.74, 6) is 0.834. The van der Waals surface area contributed by atoms with Crippen LogP contribution in [-0.4, -0.2) is 84.2 Å². The number of hydrogen-bond acceptors (Lipinski definition) is 6. The van der Waals surface area contributed by atoms with Gasteiger partial charge < -0.3 is 29.0 Å². The molecule has 3 aromatic rings. The third-order valence-corrected chi connectivity index (χ3v) is 8.54. The number of halogens is 1. The third-order valence-electron chi connectivity index (χ3n) is 7.87. The SMILES string of the molecule is CCC(C)(CCN=[N+]=[N-])OCC(C)(C)Oc1ccccc1C(=O)N1CCN(C(=O)c2c[nH]c3c(Br)ccc(OC)c23)CC1. The van der Waals surface area contributed by atoms with Gasteiger partial charge in [-0.1, -0.05) is 24.2 Å². The summed E-state index contributed by atoms with van der Waals surface area (Å²) in [7, 11) is 1.58. The standard InChI is InChI=1S/C31H39BrN6O5/c1-6-31(4,13-14-35-36-33)42-20-30(2,3)43-24-10-8-7-9-21(24)28(39)37-15-17-38(18-16-37)29(40)22-19-34-27-23(32)11-12-25(41-5)26(22)27/h7-12,19,34H,6,13-18,20H2,1-5H3. The van der Waals surface area contributed by atoms with Gasteiger partial charge in [0.05, 0.1) is 41.3 Å². The van der Waals surface area contributed by atoms with Crippen LogP contribution in [0.3, 0.4) is 0 Å². The van der Waals surface area contributed by atoms with Crippen LogP contribution in [0.25, 0.3) is 21.3 Å². The number of hydrogen-bond donors (Lipinski definition) is 1. The summed E-state index contributed by atoms with van der Waals surface area (Å²) in [5, 5.41) is 4.37.